The van der Waals surface area contributed by atoms with Crippen LogP contribution in [0.2, 0.25) is 0 Å². The van der Waals surface area contributed by atoms with Crippen molar-refractivity contribution in [1.82, 2.24) is 5.16 Å². The SMILES string of the molecule is CC(C)(C)c1cc(NC(=O)C2CCC(=O)N2c2ccc(N)c(F)c2)on1. The summed E-state index contributed by atoms with van der Waals surface area (Å²) < 4.78 is 18.9. The minimum atomic E-state index is -0.756. The van der Waals surface area contributed by atoms with Crippen molar-refractivity contribution in [1.29, 1.82) is 0 Å². The summed E-state index contributed by atoms with van der Waals surface area (Å²) in [5, 5.41) is 6.59. The highest BCUT2D eigenvalue weighted by Crippen LogP contribution is 2.30. The molecule has 3 N–H and O–H groups in total. The molecule has 26 heavy (non-hydrogen) atoms. The molecule has 0 spiro atoms. The van der Waals surface area contributed by atoms with E-state index in [0.29, 0.717) is 17.8 Å². The van der Waals surface area contributed by atoms with Crippen molar-refractivity contribution in [2.75, 3.05) is 16.0 Å². The number of nitrogen functional groups attached to an aromatic ring is 1. The zero-order chi connectivity index (χ0) is 19.1. The van der Waals surface area contributed by atoms with E-state index in [1.54, 1.807) is 6.07 Å². The van der Waals surface area contributed by atoms with Gasteiger partial charge in [-0.1, -0.05) is 25.9 Å². The molecule has 2 amide bonds. The Morgan fingerprint density at radius 3 is 2.73 bits per heavy atom. The topological polar surface area (TPSA) is 101 Å². The number of halogens is 1. The minimum Gasteiger partial charge on any atom is -0.396 e. The maximum atomic E-state index is 13.8. The Morgan fingerprint density at radius 1 is 1.38 bits per heavy atom. The number of amides is 2. The molecule has 2 aromatic rings. The summed E-state index contributed by atoms with van der Waals surface area (Å²) in [6, 6.07) is 4.95. The van der Waals surface area contributed by atoms with Crippen molar-refractivity contribution in [3.8, 4) is 0 Å². The number of carbonyl (C=O) groups excluding carboxylic acids is 2. The Labute approximate surface area is 150 Å². The van der Waals surface area contributed by atoms with E-state index in [-0.39, 0.29) is 29.3 Å². The second-order valence-electron chi connectivity index (χ2n) is 7.34. The average molecular weight is 360 g/mol. The van der Waals surface area contributed by atoms with Gasteiger partial charge >= 0.3 is 0 Å². The maximum absolute atomic E-state index is 13.8. The Balaban J connectivity index is 1.80. The standard InChI is InChI=1S/C18H21FN4O3/c1-18(2,3)14-9-15(26-22-14)21-17(25)13-6-7-16(24)23(13)10-4-5-12(20)11(19)8-10/h4-5,8-9,13H,6-7,20H2,1-3H3,(H,21,25). The van der Waals surface area contributed by atoms with Gasteiger partial charge in [0.25, 0.3) is 0 Å². The fourth-order valence-electron chi connectivity index (χ4n) is 2.81. The summed E-state index contributed by atoms with van der Waals surface area (Å²) in [7, 11) is 0. The summed E-state index contributed by atoms with van der Waals surface area (Å²) in [5.74, 6) is -1.08. The fraction of sp³-hybridized carbons (Fsp3) is 0.389. The number of aromatic nitrogens is 1. The van der Waals surface area contributed by atoms with Crippen LogP contribution in [0.3, 0.4) is 0 Å². The van der Waals surface area contributed by atoms with Crippen LogP contribution in [0.1, 0.15) is 39.3 Å². The van der Waals surface area contributed by atoms with E-state index in [9.17, 15) is 14.0 Å². The summed E-state index contributed by atoms with van der Waals surface area (Å²) in [6.45, 7) is 5.93. The molecular formula is C18H21FN4O3. The largest absolute Gasteiger partial charge is 0.396 e. The molecule has 0 saturated carbocycles. The lowest BCUT2D eigenvalue weighted by molar-refractivity contribution is -0.120. The molecule has 7 nitrogen and oxygen atoms in total. The lowest BCUT2D eigenvalue weighted by atomic mass is 9.92. The Bertz CT molecular complexity index is 856. The van der Waals surface area contributed by atoms with E-state index in [0.717, 1.165) is 6.07 Å². The predicted octanol–water partition coefficient (Wildman–Crippen LogP) is 2.83. The van der Waals surface area contributed by atoms with Crippen LogP contribution in [0.5, 0.6) is 0 Å². The summed E-state index contributed by atoms with van der Waals surface area (Å²) in [4.78, 5) is 26.2. The number of hydrogen-bond acceptors (Lipinski definition) is 5. The zero-order valence-corrected chi connectivity index (χ0v) is 14.9. The molecule has 0 bridgehead atoms. The quantitative estimate of drug-likeness (QED) is 0.820. The van der Waals surface area contributed by atoms with Crippen molar-refractivity contribution < 1.29 is 18.5 Å². The van der Waals surface area contributed by atoms with Crippen LogP contribution in [0.25, 0.3) is 0 Å². The second kappa shape index (κ2) is 6.44. The molecule has 1 aromatic carbocycles. The Hall–Kier alpha value is -2.90. The number of rotatable bonds is 3. The molecule has 1 unspecified atom stereocenters. The van der Waals surface area contributed by atoms with Gasteiger partial charge in [-0.15, -0.1) is 0 Å². The van der Waals surface area contributed by atoms with E-state index in [4.69, 9.17) is 10.3 Å². The van der Waals surface area contributed by atoms with Gasteiger partial charge in [-0.3, -0.25) is 19.8 Å². The molecule has 1 aliphatic rings. The number of benzene rings is 1. The predicted molar refractivity (Wildman–Crippen MR) is 95.2 cm³/mol. The summed E-state index contributed by atoms with van der Waals surface area (Å²) in [6.07, 6.45) is 0.532. The molecule has 0 aliphatic carbocycles. The molecule has 1 atom stereocenters. The van der Waals surface area contributed by atoms with Crippen molar-refractivity contribution in [2.24, 2.45) is 0 Å². The van der Waals surface area contributed by atoms with Crippen molar-refractivity contribution in [3.05, 3.63) is 35.8 Å². The molecule has 1 aromatic heterocycles. The smallest absolute Gasteiger partial charge is 0.249 e. The highest BCUT2D eigenvalue weighted by atomic mass is 19.1. The number of nitrogens with zero attached hydrogens (tertiary/aromatic N) is 2. The second-order valence-corrected chi connectivity index (χ2v) is 7.34. The Morgan fingerprint density at radius 2 is 2.12 bits per heavy atom. The summed E-state index contributed by atoms with van der Waals surface area (Å²) >= 11 is 0. The fourth-order valence-corrected chi connectivity index (χ4v) is 2.81. The number of hydrogen-bond donors (Lipinski definition) is 2. The van der Waals surface area contributed by atoms with Crippen molar-refractivity contribution in [3.63, 3.8) is 0 Å². The van der Waals surface area contributed by atoms with Gasteiger partial charge in [-0.05, 0) is 24.6 Å². The van der Waals surface area contributed by atoms with Gasteiger partial charge in [0.05, 0.1) is 11.4 Å². The first kappa shape index (κ1) is 17.9. The first-order valence-corrected chi connectivity index (χ1v) is 8.32. The van der Waals surface area contributed by atoms with Crippen molar-refractivity contribution in [2.45, 2.75) is 45.1 Å². The van der Waals surface area contributed by atoms with E-state index in [1.165, 1.54) is 17.0 Å². The van der Waals surface area contributed by atoms with Crippen LogP contribution in [0.15, 0.2) is 28.8 Å². The van der Waals surface area contributed by atoms with Gasteiger partial charge < -0.3 is 10.3 Å². The minimum absolute atomic E-state index is 0.0160. The highest BCUT2D eigenvalue weighted by molar-refractivity contribution is 6.07. The normalized spacial score (nSPS) is 17.6. The van der Waals surface area contributed by atoms with E-state index in [2.05, 4.69) is 10.5 Å². The van der Waals surface area contributed by atoms with E-state index < -0.39 is 17.8 Å². The molecule has 1 saturated heterocycles. The lowest BCUT2D eigenvalue weighted by Crippen LogP contribution is -2.41. The van der Waals surface area contributed by atoms with Crippen molar-refractivity contribution >= 4 is 29.1 Å². The molecule has 1 fully saturated rings. The maximum Gasteiger partial charge on any atom is 0.249 e. The summed E-state index contributed by atoms with van der Waals surface area (Å²) in [5.41, 5.74) is 6.24. The van der Waals surface area contributed by atoms with Gasteiger partial charge in [0, 0.05) is 23.6 Å². The monoisotopic (exact) mass is 360 g/mol. The molecule has 3 rings (SSSR count). The van der Waals surface area contributed by atoms with Gasteiger partial charge in [-0.25, -0.2) is 4.39 Å². The van der Waals surface area contributed by atoms with Crippen LogP contribution >= 0.6 is 0 Å². The third-order valence-electron chi connectivity index (χ3n) is 4.30. The van der Waals surface area contributed by atoms with Crippen LogP contribution in [0, 0.1) is 5.82 Å². The molecule has 138 valence electrons. The average Bonchev–Trinajstić information content (AvgIpc) is 3.16. The van der Waals surface area contributed by atoms with Gasteiger partial charge in [0.2, 0.25) is 17.7 Å². The first-order valence-electron chi connectivity index (χ1n) is 8.32. The molecule has 0 radical (unpaired) electrons. The van der Waals surface area contributed by atoms with Gasteiger partial charge in [0.1, 0.15) is 11.9 Å². The van der Waals surface area contributed by atoms with Crippen LogP contribution in [-0.4, -0.2) is 23.0 Å². The number of nitrogens with two attached hydrogens (primary N) is 1. The van der Waals surface area contributed by atoms with E-state index >= 15 is 0 Å². The Kier molecular flexibility index (Phi) is 4.43. The highest BCUT2D eigenvalue weighted by Gasteiger charge is 2.38. The van der Waals surface area contributed by atoms with E-state index in [1.807, 2.05) is 20.8 Å². The number of nitrogens with one attached hydrogen (secondary N) is 1. The first-order chi connectivity index (χ1) is 12.2. The number of anilines is 3. The molecule has 8 heteroatoms. The molecule has 2 heterocycles. The van der Waals surface area contributed by atoms with Gasteiger partial charge in [-0.2, -0.15) is 0 Å². The third kappa shape index (κ3) is 3.40. The molecular weight excluding hydrogens is 339 g/mol. The zero-order valence-electron chi connectivity index (χ0n) is 14.9. The third-order valence-corrected chi connectivity index (χ3v) is 4.30. The van der Waals surface area contributed by atoms with Crippen LogP contribution in [0.4, 0.5) is 21.6 Å². The van der Waals surface area contributed by atoms with Crippen LogP contribution < -0.4 is 16.0 Å². The lowest BCUT2D eigenvalue weighted by Gasteiger charge is -2.24. The van der Waals surface area contributed by atoms with Gasteiger partial charge in [0.15, 0.2) is 0 Å². The number of carbonyl (C=O) groups is 2. The van der Waals surface area contributed by atoms with Crippen LogP contribution in [-0.2, 0) is 15.0 Å². The molecule has 1 aliphatic heterocycles.